The van der Waals surface area contributed by atoms with Crippen LogP contribution in [-0.4, -0.2) is 15.2 Å². The van der Waals surface area contributed by atoms with Crippen LogP contribution in [0.15, 0.2) is 23.0 Å². The molecule has 2 aromatic heterocycles. The van der Waals surface area contributed by atoms with Crippen molar-refractivity contribution < 1.29 is 4.39 Å². The normalized spacial score (nSPS) is 11.4. The van der Waals surface area contributed by atoms with Gasteiger partial charge in [-0.2, -0.15) is 5.10 Å². The molecular formula is C11H8FN3O. The molecule has 0 saturated carbocycles. The summed E-state index contributed by atoms with van der Waals surface area (Å²) >= 11 is 0. The smallest absolute Gasteiger partial charge is 0.259 e. The molecule has 0 unspecified atom stereocenters. The summed E-state index contributed by atoms with van der Waals surface area (Å²) in [5.74, 6) is -0.346. The molecule has 2 N–H and O–H groups in total. The van der Waals surface area contributed by atoms with Gasteiger partial charge in [-0.05, 0) is 25.1 Å². The third kappa shape index (κ3) is 1.08. The van der Waals surface area contributed by atoms with E-state index in [1.165, 1.54) is 18.2 Å². The summed E-state index contributed by atoms with van der Waals surface area (Å²) in [6.07, 6.45) is 0. The van der Waals surface area contributed by atoms with E-state index in [1.54, 1.807) is 6.92 Å². The van der Waals surface area contributed by atoms with E-state index in [-0.39, 0.29) is 11.4 Å². The van der Waals surface area contributed by atoms with Gasteiger partial charge in [0.1, 0.15) is 11.3 Å². The number of fused-ring (bicyclic) bond motifs is 3. The van der Waals surface area contributed by atoms with Gasteiger partial charge in [0.05, 0.1) is 10.9 Å². The van der Waals surface area contributed by atoms with Crippen molar-refractivity contribution in [1.82, 2.24) is 15.2 Å². The molecule has 2 heterocycles. The molecule has 16 heavy (non-hydrogen) atoms. The minimum atomic E-state index is -0.346. The molecule has 80 valence electrons. The van der Waals surface area contributed by atoms with Gasteiger partial charge in [0.15, 0.2) is 0 Å². The van der Waals surface area contributed by atoms with Gasteiger partial charge in [0.25, 0.3) is 5.56 Å². The first kappa shape index (κ1) is 9.08. The molecule has 4 nitrogen and oxygen atoms in total. The van der Waals surface area contributed by atoms with Crippen LogP contribution in [0, 0.1) is 12.7 Å². The number of aromatic amines is 2. The lowest BCUT2D eigenvalue weighted by atomic mass is 10.1. The fourth-order valence-corrected chi connectivity index (χ4v) is 1.91. The van der Waals surface area contributed by atoms with E-state index >= 15 is 0 Å². The van der Waals surface area contributed by atoms with Crippen molar-refractivity contribution in [2.75, 3.05) is 0 Å². The van der Waals surface area contributed by atoms with Gasteiger partial charge in [0.2, 0.25) is 0 Å². The second-order valence-corrected chi connectivity index (χ2v) is 3.72. The lowest BCUT2D eigenvalue weighted by molar-refractivity contribution is 0.629. The Morgan fingerprint density at radius 3 is 3.00 bits per heavy atom. The molecule has 0 bridgehead atoms. The lowest BCUT2D eigenvalue weighted by Crippen LogP contribution is -2.06. The van der Waals surface area contributed by atoms with Crippen LogP contribution in [0.3, 0.4) is 0 Å². The monoisotopic (exact) mass is 217 g/mol. The lowest BCUT2D eigenvalue weighted by Gasteiger charge is -1.98. The maximum Gasteiger partial charge on any atom is 0.259 e. The Hall–Kier alpha value is -2.17. The number of halogens is 1. The quantitative estimate of drug-likeness (QED) is 0.603. The molecule has 5 heteroatoms. The molecule has 0 aliphatic carbocycles. The zero-order valence-electron chi connectivity index (χ0n) is 8.47. The third-order valence-corrected chi connectivity index (χ3v) is 2.66. The Morgan fingerprint density at radius 1 is 1.38 bits per heavy atom. The maximum absolute atomic E-state index is 13.1. The van der Waals surface area contributed by atoms with E-state index in [4.69, 9.17) is 0 Å². The number of H-pyrrole nitrogens is 2. The molecule has 1 aromatic carbocycles. The molecule has 0 fully saturated rings. The van der Waals surface area contributed by atoms with Crippen LogP contribution in [-0.2, 0) is 0 Å². The van der Waals surface area contributed by atoms with Crippen molar-refractivity contribution in [3.63, 3.8) is 0 Å². The molecule has 0 aliphatic rings. The van der Waals surface area contributed by atoms with Gasteiger partial charge in [-0.25, -0.2) is 4.39 Å². The number of aryl methyl sites for hydroxylation is 1. The first-order valence-electron chi connectivity index (χ1n) is 4.83. The van der Waals surface area contributed by atoms with Gasteiger partial charge in [-0.1, -0.05) is 0 Å². The first-order chi connectivity index (χ1) is 7.66. The number of nitrogens with zero attached hydrogens (tertiary/aromatic N) is 1. The number of hydrogen-bond donors (Lipinski definition) is 2. The predicted molar refractivity (Wildman–Crippen MR) is 58.9 cm³/mol. The minimum absolute atomic E-state index is 0.208. The molecule has 0 spiro atoms. The number of rotatable bonds is 0. The van der Waals surface area contributed by atoms with Crippen LogP contribution in [0.2, 0.25) is 0 Å². The maximum atomic E-state index is 13.1. The highest BCUT2D eigenvalue weighted by Gasteiger charge is 2.10. The average molecular weight is 217 g/mol. The van der Waals surface area contributed by atoms with Crippen molar-refractivity contribution in [3.8, 4) is 0 Å². The van der Waals surface area contributed by atoms with Crippen LogP contribution < -0.4 is 5.56 Å². The van der Waals surface area contributed by atoms with Gasteiger partial charge in [0, 0.05) is 11.1 Å². The first-order valence-corrected chi connectivity index (χ1v) is 4.83. The minimum Gasteiger partial charge on any atom is -0.321 e. The van der Waals surface area contributed by atoms with Crippen molar-refractivity contribution in [1.29, 1.82) is 0 Å². The summed E-state index contributed by atoms with van der Waals surface area (Å²) in [6, 6.07) is 4.22. The molecule has 0 radical (unpaired) electrons. The van der Waals surface area contributed by atoms with E-state index < -0.39 is 0 Å². The third-order valence-electron chi connectivity index (χ3n) is 2.66. The van der Waals surface area contributed by atoms with Crippen molar-refractivity contribution >= 4 is 21.8 Å². The highest BCUT2D eigenvalue weighted by Crippen LogP contribution is 2.21. The Labute approximate surface area is 89.1 Å². The number of aromatic nitrogens is 3. The highest BCUT2D eigenvalue weighted by molar-refractivity contribution is 6.03. The molecule has 0 aliphatic heterocycles. The Morgan fingerprint density at radius 2 is 2.19 bits per heavy atom. The predicted octanol–water partition coefficient (Wildman–Crippen LogP) is 1.85. The SMILES string of the molecule is Cc1[nH]nc2c1c(=O)[nH]c1ccc(F)cc12. The van der Waals surface area contributed by atoms with Crippen molar-refractivity contribution in [2.24, 2.45) is 0 Å². The highest BCUT2D eigenvalue weighted by atomic mass is 19.1. The summed E-state index contributed by atoms with van der Waals surface area (Å²) in [5.41, 5.74) is 1.57. The van der Waals surface area contributed by atoms with Crippen LogP contribution in [0.25, 0.3) is 21.8 Å². The van der Waals surface area contributed by atoms with Gasteiger partial charge < -0.3 is 4.98 Å². The van der Waals surface area contributed by atoms with E-state index in [9.17, 15) is 9.18 Å². The second kappa shape index (κ2) is 2.91. The van der Waals surface area contributed by atoms with Gasteiger partial charge in [-0.3, -0.25) is 9.89 Å². The zero-order valence-corrected chi connectivity index (χ0v) is 8.47. The van der Waals surface area contributed by atoms with Gasteiger partial charge in [-0.15, -0.1) is 0 Å². The fourth-order valence-electron chi connectivity index (χ4n) is 1.91. The summed E-state index contributed by atoms with van der Waals surface area (Å²) in [5, 5.41) is 7.87. The molecular weight excluding hydrogens is 209 g/mol. The second-order valence-electron chi connectivity index (χ2n) is 3.72. The van der Waals surface area contributed by atoms with Crippen LogP contribution in [0.1, 0.15) is 5.69 Å². The van der Waals surface area contributed by atoms with Gasteiger partial charge >= 0.3 is 0 Å². The van der Waals surface area contributed by atoms with Crippen LogP contribution in [0.5, 0.6) is 0 Å². The molecule has 3 aromatic rings. The van der Waals surface area contributed by atoms with Crippen molar-refractivity contribution in [3.05, 3.63) is 40.1 Å². The summed E-state index contributed by atoms with van der Waals surface area (Å²) < 4.78 is 13.1. The average Bonchev–Trinajstić information content (AvgIpc) is 2.63. The Kier molecular flexibility index (Phi) is 1.65. The Bertz CT molecular complexity index is 757. The van der Waals surface area contributed by atoms with Crippen LogP contribution in [0.4, 0.5) is 4.39 Å². The van der Waals surface area contributed by atoms with E-state index in [0.717, 1.165) is 0 Å². The van der Waals surface area contributed by atoms with E-state index in [0.29, 0.717) is 27.5 Å². The molecule has 0 saturated heterocycles. The van der Waals surface area contributed by atoms with Crippen molar-refractivity contribution in [2.45, 2.75) is 6.92 Å². The summed E-state index contributed by atoms with van der Waals surface area (Å²) in [7, 11) is 0. The molecule has 3 rings (SSSR count). The molecule has 0 amide bonds. The summed E-state index contributed by atoms with van der Waals surface area (Å²) in [4.78, 5) is 14.5. The number of nitrogens with one attached hydrogen (secondary N) is 2. The number of pyridine rings is 1. The Balaban J connectivity index is 2.67. The number of benzene rings is 1. The number of hydrogen-bond acceptors (Lipinski definition) is 2. The topological polar surface area (TPSA) is 61.5 Å². The summed E-state index contributed by atoms with van der Waals surface area (Å²) in [6.45, 7) is 1.76. The van der Waals surface area contributed by atoms with E-state index in [1.807, 2.05) is 0 Å². The largest absolute Gasteiger partial charge is 0.321 e. The fraction of sp³-hybridized carbons (Fsp3) is 0.0909. The standard InChI is InChI=1S/C11H8FN3O/c1-5-9-10(15-14-5)7-4-6(12)2-3-8(7)13-11(9)16/h2-4H,1H3,(H,13,16)(H,14,15). The molecule has 0 atom stereocenters. The van der Waals surface area contributed by atoms with E-state index in [2.05, 4.69) is 15.2 Å². The van der Waals surface area contributed by atoms with Crippen LogP contribution >= 0.6 is 0 Å². The zero-order chi connectivity index (χ0) is 11.3.